The predicted octanol–water partition coefficient (Wildman–Crippen LogP) is 4.50. The average Bonchev–Trinajstić information content (AvgIpc) is 3.34. The molecule has 2 heterocycles. The topological polar surface area (TPSA) is 73.0 Å². The number of benzene rings is 1. The molecular formula is C21H26N4O2S2. The number of nitrogens with one attached hydrogen (secondary N) is 1. The van der Waals surface area contributed by atoms with Crippen molar-refractivity contribution >= 4 is 29.4 Å². The van der Waals surface area contributed by atoms with Gasteiger partial charge in [-0.3, -0.25) is 9.36 Å². The monoisotopic (exact) mass is 430 g/mol. The second kappa shape index (κ2) is 10.5. The highest BCUT2D eigenvalue weighted by atomic mass is 32.2. The number of carbonyl (C=O) groups is 1. The Labute approximate surface area is 179 Å². The van der Waals surface area contributed by atoms with E-state index in [0.29, 0.717) is 29.8 Å². The zero-order chi connectivity index (χ0) is 20.6. The molecule has 29 heavy (non-hydrogen) atoms. The molecule has 154 valence electrons. The van der Waals surface area contributed by atoms with Crippen LogP contribution in [0.5, 0.6) is 0 Å². The Kier molecular flexibility index (Phi) is 7.83. The molecule has 0 saturated carbocycles. The number of aryl methyl sites for hydroxylation is 1. The Morgan fingerprint density at radius 2 is 1.97 bits per heavy atom. The first-order chi connectivity index (χ1) is 14.0. The molecule has 2 aromatic heterocycles. The van der Waals surface area contributed by atoms with Crippen LogP contribution in [0.4, 0.5) is 0 Å². The van der Waals surface area contributed by atoms with Crippen LogP contribution in [0, 0.1) is 12.8 Å². The number of nitrogens with zero attached hydrogens (tertiary/aromatic N) is 3. The maximum atomic E-state index is 12.2. The van der Waals surface area contributed by atoms with Crippen LogP contribution >= 0.6 is 23.5 Å². The van der Waals surface area contributed by atoms with Gasteiger partial charge in [-0.05, 0) is 37.1 Å². The maximum absolute atomic E-state index is 12.2. The summed E-state index contributed by atoms with van der Waals surface area (Å²) in [4.78, 5) is 13.4. The van der Waals surface area contributed by atoms with Crippen molar-refractivity contribution in [3.8, 4) is 11.6 Å². The number of furan rings is 1. The van der Waals surface area contributed by atoms with E-state index in [2.05, 4.69) is 60.6 Å². The van der Waals surface area contributed by atoms with Crippen molar-refractivity contribution in [2.45, 2.75) is 37.4 Å². The van der Waals surface area contributed by atoms with Crippen LogP contribution in [-0.4, -0.2) is 38.7 Å². The van der Waals surface area contributed by atoms with Gasteiger partial charge in [0.15, 0.2) is 16.7 Å². The molecule has 8 heteroatoms. The van der Waals surface area contributed by atoms with E-state index in [4.69, 9.17) is 4.42 Å². The Morgan fingerprint density at radius 3 is 2.66 bits per heavy atom. The molecule has 3 aromatic rings. The van der Waals surface area contributed by atoms with Gasteiger partial charge in [0.2, 0.25) is 5.91 Å². The summed E-state index contributed by atoms with van der Waals surface area (Å²) in [7, 11) is 0. The van der Waals surface area contributed by atoms with Crippen LogP contribution in [0.3, 0.4) is 0 Å². The van der Waals surface area contributed by atoms with E-state index in [1.165, 1.54) is 22.2 Å². The standard InChI is InChI=1S/C21H26N4O2S2/c1-15(2)13-25-20(18-5-4-11-27-18)23-24-21(25)29-14-19(26)22-10-12-28-17-8-6-16(3)7-9-17/h4-9,11,15H,10,12-14H2,1-3H3,(H,22,26). The number of amides is 1. The van der Waals surface area contributed by atoms with Crippen LogP contribution in [0.1, 0.15) is 19.4 Å². The Hall–Kier alpha value is -2.19. The van der Waals surface area contributed by atoms with Gasteiger partial charge in [-0.1, -0.05) is 43.3 Å². The fraction of sp³-hybridized carbons (Fsp3) is 0.381. The van der Waals surface area contributed by atoms with Crippen LogP contribution < -0.4 is 5.32 Å². The van der Waals surface area contributed by atoms with E-state index in [1.54, 1.807) is 18.0 Å². The molecular weight excluding hydrogens is 404 g/mol. The van der Waals surface area contributed by atoms with Crippen LogP contribution in [0.2, 0.25) is 0 Å². The van der Waals surface area contributed by atoms with Gasteiger partial charge >= 0.3 is 0 Å². The highest BCUT2D eigenvalue weighted by Crippen LogP contribution is 2.25. The van der Waals surface area contributed by atoms with Crippen molar-refractivity contribution in [1.82, 2.24) is 20.1 Å². The smallest absolute Gasteiger partial charge is 0.230 e. The summed E-state index contributed by atoms with van der Waals surface area (Å²) in [5, 5.41) is 12.2. The molecule has 0 aliphatic heterocycles. The second-order valence-electron chi connectivity index (χ2n) is 7.09. The number of hydrogen-bond donors (Lipinski definition) is 1. The number of hydrogen-bond acceptors (Lipinski definition) is 6. The Balaban J connectivity index is 1.48. The van der Waals surface area contributed by atoms with E-state index < -0.39 is 0 Å². The molecule has 1 aromatic carbocycles. The van der Waals surface area contributed by atoms with Gasteiger partial charge in [-0.2, -0.15) is 0 Å². The van der Waals surface area contributed by atoms with Gasteiger partial charge in [-0.25, -0.2) is 0 Å². The largest absolute Gasteiger partial charge is 0.461 e. The molecule has 1 amide bonds. The average molecular weight is 431 g/mol. The molecule has 0 aliphatic rings. The third-order valence-corrected chi connectivity index (χ3v) is 6.03. The van der Waals surface area contributed by atoms with Crippen molar-refractivity contribution in [1.29, 1.82) is 0 Å². The van der Waals surface area contributed by atoms with Gasteiger partial charge < -0.3 is 9.73 Å². The summed E-state index contributed by atoms with van der Waals surface area (Å²) < 4.78 is 7.50. The molecule has 0 spiro atoms. The first-order valence-electron chi connectivity index (χ1n) is 9.59. The number of thioether (sulfide) groups is 2. The molecule has 3 rings (SSSR count). The molecule has 0 bridgehead atoms. The molecule has 0 unspecified atom stereocenters. The van der Waals surface area contributed by atoms with E-state index >= 15 is 0 Å². The molecule has 0 fully saturated rings. The highest BCUT2D eigenvalue weighted by Gasteiger charge is 2.18. The van der Waals surface area contributed by atoms with E-state index in [-0.39, 0.29) is 5.91 Å². The molecule has 1 N–H and O–H groups in total. The lowest BCUT2D eigenvalue weighted by Crippen LogP contribution is -2.27. The molecule has 0 saturated heterocycles. The quantitative estimate of drug-likeness (QED) is 0.377. The van der Waals surface area contributed by atoms with E-state index in [0.717, 1.165) is 17.5 Å². The number of carbonyl (C=O) groups excluding carboxylic acids is 1. The van der Waals surface area contributed by atoms with Crippen molar-refractivity contribution in [3.05, 3.63) is 48.2 Å². The zero-order valence-electron chi connectivity index (χ0n) is 16.9. The van der Waals surface area contributed by atoms with Gasteiger partial charge in [0, 0.05) is 23.7 Å². The number of aromatic nitrogens is 3. The van der Waals surface area contributed by atoms with Gasteiger partial charge in [0.1, 0.15) is 0 Å². The maximum Gasteiger partial charge on any atom is 0.230 e. The Morgan fingerprint density at radius 1 is 1.17 bits per heavy atom. The van der Waals surface area contributed by atoms with Crippen molar-refractivity contribution in [3.63, 3.8) is 0 Å². The minimum atomic E-state index is -0.00171. The van der Waals surface area contributed by atoms with Gasteiger partial charge in [-0.15, -0.1) is 22.0 Å². The lowest BCUT2D eigenvalue weighted by atomic mass is 10.2. The second-order valence-corrected chi connectivity index (χ2v) is 9.20. The van der Waals surface area contributed by atoms with Crippen LogP contribution in [0.25, 0.3) is 11.6 Å². The minimum absolute atomic E-state index is 0.00171. The lowest BCUT2D eigenvalue weighted by molar-refractivity contribution is -0.118. The normalized spacial score (nSPS) is 11.2. The minimum Gasteiger partial charge on any atom is -0.461 e. The summed E-state index contributed by atoms with van der Waals surface area (Å²) >= 11 is 3.14. The summed E-state index contributed by atoms with van der Waals surface area (Å²) in [5.41, 5.74) is 1.25. The third kappa shape index (κ3) is 6.40. The van der Waals surface area contributed by atoms with Gasteiger partial charge in [0.05, 0.1) is 12.0 Å². The van der Waals surface area contributed by atoms with Crippen molar-refractivity contribution in [2.75, 3.05) is 18.1 Å². The summed E-state index contributed by atoms with van der Waals surface area (Å²) in [6.45, 7) is 7.75. The first-order valence-corrected chi connectivity index (χ1v) is 11.6. The van der Waals surface area contributed by atoms with Crippen LogP contribution in [0.15, 0.2) is 57.1 Å². The van der Waals surface area contributed by atoms with Crippen LogP contribution in [-0.2, 0) is 11.3 Å². The fourth-order valence-corrected chi connectivity index (χ4v) is 4.23. The zero-order valence-corrected chi connectivity index (χ0v) is 18.6. The molecule has 6 nitrogen and oxygen atoms in total. The third-order valence-electron chi connectivity index (χ3n) is 4.05. The van der Waals surface area contributed by atoms with Gasteiger partial charge in [0.25, 0.3) is 0 Å². The summed E-state index contributed by atoms with van der Waals surface area (Å²) in [6.07, 6.45) is 1.62. The Bertz CT molecular complexity index is 905. The van der Waals surface area contributed by atoms with Crippen molar-refractivity contribution < 1.29 is 9.21 Å². The van der Waals surface area contributed by atoms with Crippen molar-refractivity contribution in [2.24, 2.45) is 5.92 Å². The molecule has 0 radical (unpaired) electrons. The lowest BCUT2D eigenvalue weighted by Gasteiger charge is -2.11. The SMILES string of the molecule is Cc1ccc(SCCNC(=O)CSc2nnc(-c3ccco3)n2CC(C)C)cc1. The molecule has 0 aliphatic carbocycles. The molecule has 0 atom stereocenters. The van der Waals surface area contributed by atoms with E-state index in [1.807, 2.05) is 16.7 Å². The summed E-state index contributed by atoms with van der Waals surface area (Å²) in [6, 6.07) is 12.1. The fourth-order valence-electron chi connectivity index (χ4n) is 2.69. The summed E-state index contributed by atoms with van der Waals surface area (Å²) in [5.74, 6) is 2.95. The van der Waals surface area contributed by atoms with E-state index in [9.17, 15) is 4.79 Å². The predicted molar refractivity (Wildman–Crippen MR) is 118 cm³/mol. The first kappa shape index (κ1) is 21.5. The highest BCUT2D eigenvalue weighted by molar-refractivity contribution is 7.99. The number of rotatable bonds is 10.